The molecule has 0 saturated heterocycles. The number of benzene rings is 1. The lowest BCUT2D eigenvalue weighted by Crippen LogP contribution is -2.22. The van der Waals surface area contributed by atoms with Crippen LogP contribution in [0.3, 0.4) is 0 Å². The van der Waals surface area contributed by atoms with E-state index in [0.717, 1.165) is 30.4 Å². The monoisotopic (exact) mass is 273 g/mol. The highest BCUT2D eigenvalue weighted by atomic mass is 16.3. The van der Waals surface area contributed by atoms with Crippen LogP contribution in [0.5, 0.6) is 0 Å². The minimum absolute atomic E-state index is 0.388. The van der Waals surface area contributed by atoms with Crippen molar-refractivity contribution in [2.75, 3.05) is 0 Å². The number of carbonyl (C=O) groups is 1. The summed E-state index contributed by atoms with van der Waals surface area (Å²) in [6.45, 7) is 3.57. The van der Waals surface area contributed by atoms with E-state index < -0.39 is 5.60 Å². The van der Waals surface area contributed by atoms with E-state index in [4.69, 9.17) is 5.73 Å². The minimum Gasteiger partial charge on any atom is -0.390 e. The summed E-state index contributed by atoms with van der Waals surface area (Å²) in [5.74, 6) is -0.388. The Labute approximate surface area is 120 Å². The van der Waals surface area contributed by atoms with Crippen molar-refractivity contribution in [2.45, 2.75) is 51.6 Å². The summed E-state index contributed by atoms with van der Waals surface area (Å²) in [7, 11) is 0. The number of carbonyl (C=O) groups excluding carboxylic acids is 1. The van der Waals surface area contributed by atoms with Crippen molar-refractivity contribution in [2.24, 2.45) is 5.73 Å². The van der Waals surface area contributed by atoms with Gasteiger partial charge in [-0.2, -0.15) is 0 Å². The Balaban J connectivity index is 2.42. The van der Waals surface area contributed by atoms with Crippen LogP contribution >= 0.6 is 0 Å². The molecule has 0 saturated carbocycles. The first kappa shape index (κ1) is 14.8. The SMILES string of the molecule is CC(C)(O)Cc1ccc(C(N)=O)c(C2=CCCCC2)c1. The van der Waals surface area contributed by atoms with Crippen LogP contribution in [0.2, 0.25) is 0 Å². The highest BCUT2D eigenvalue weighted by Gasteiger charge is 2.18. The van der Waals surface area contributed by atoms with Crippen molar-refractivity contribution < 1.29 is 9.90 Å². The van der Waals surface area contributed by atoms with E-state index >= 15 is 0 Å². The molecule has 3 N–H and O–H groups in total. The van der Waals surface area contributed by atoms with Crippen LogP contribution in [-0.2, 0) is 6.42 Å². The molecule has 1 aliphatic rings. The van der Waals surface area contributed by atoms with Crippen molar-refractivity contribution in [1.29, 1.82) is 0 Å². The Morgan fingerprint density at radius 3 is 2.65 bits per heavy atom. The normalized spacial score (nSPS) is 15.8. The predicted molar refractivity (Wildman–Crippen MR) is 81.4 cm³/mol. The fourth-order valence-electron chi connectivity index (χ4n) is 2.76. The largest absolute Gasteiger partial charge is 0.390 e. The van der Waals surface area contributed by atoms with Crippen molar-refractivity contribution in [3.05, 3.63) is 41.0 Å². The van der Waals surface area contributed by atoms with Crippen LogP contribution < -0.4 is 5.73 Å². The van der Waals surface area contributed by atoms with Crippen LogP contribution in [0.25, 0.3) is 5.57 Å². The standard InChI is InChI=1S/C17H23NO2/c1-17(2,20)11-12-8-9-14(16(18)19)15(10-12)13-6-4-3-5-7-13/h6,8-10,20H,3-5,7,11H2,1-2H3,(H2,18,19). The zero-order valence-electron chi connectivity index (χ0n) is 12.3. The molecule has 0 bridgehead atoms. The number of nitrogens with two attached hydrogens (primary N) is 1. The highest BCUT2D eigenvalue weighted by molar-refractivity contribution is 5.98. The van der Waals surface area contributed by atoms with E-state index in [9.17, 15) is 9.90 Å². The first-order chi connectivity index (χ1) is 9.37. The molecule has 1 aromatic rings. The van der Waals surface area contributed by atoms with Crippen molar-refractivity contribution in [3.63, 3.8) is 0 Å². The molecule has 0 aliphatic heterocycles. The van der Waals surface area contributed by atoms with Gasteiger partial charge in [-0.1, -0.05) is 18.2 Å². The molecular weight excluding hydrogens is 250 g/mol. The predicted octanol–water partition coefficient (Wildman–Crippen LogP) is 3.06. The molecule has 0 radical (unpaired) electrons. The molecule has 0 aromatic heterocycles. The molecule has 0 spiro atoms. The minimum atomic E-state index is -0.757. The van der Waals surface area contributed by atoms with Crippen LogP contribution in [0.1, 0.15) is 61.0 Å². The Kier molecular flexibility index (Phi) is 4.29. The van der Waals surface area contributed by atoms with Gasteiger partial charge in [0.2, 0.25) is 5.91 Å². The van der Waals surface area contributed by atoms with Gasteiger partial charge in [0.1, 0.15) is 0 Å². The second-order valence-corrected chi connectivity index (χ2v) is 6.21. The van der Waals surface area contributed by atoms with Gasteiger partial charge in [0, 0.05) is 12.0 Å². The second kappa shape index (κ2) is 5.80. The molecule has 0 atom stereocenters. The molecule has 108 valence electrons. The van der Waals surface area contributed by atoms with Crippen LogP contribution in [0.15, 0.2) is 24.3 Å². The number of primary amides is 1. The first-order valence-electron chi connectivity index (χ1n) is 7.21. The smallest absolute Gasteiger partial charge is 0.249 e. The third-order valence-corrected chi connectivity index (χ3v) is 3.62. The summed E-state index contributed by atoms with van der Waals surface area (Å²) in [5, 5.41) is 9.94. The maximum absolute atomic E-state index is 11.6. The maximum atomic E-state index is 11.6. The van der Waals surface area contributed by atoms with Crippen molar-refractivity contribution in [1.82, 2.24) is 0 Å². The number of hydrogen-bond acceptors (Lipinski definition) is 2. The number of allylic oxidation sites excluding steroid dienone is 2. The lowest BCUT2D eigenvalue weighted by Gasteiger charge is -2.20. The lowest BCUT2D eigenvalue weighted by atomic mass is 9.87. The maximum Gasteiger partial charge on any atom is 0.249 e. The van der Waals surface area contributed by atoms with E-state index in [0.29, 0.717) is 12.0 Å². The molecule has 2 rings (SSSR count). The van der Waals surface area contributed by atoms with Gasteiger partial charge in [0.25, 0.3) is 0 Å². The molecular formula is C17H23NO2. The molecule has 3 heteroatoms. The van der Waals surface area contributed by atoms with E-state index in [-0.39, 0.29) is 5.91 Å². The summed E-state index contributed by atoms with van der Waals surface area (Å²) in [6, 6.07) is 5.67. The van der Waals surface area contributed by atoms with Crippen LogP contribution in [-0.4, -0.2) is 16.6 Å². The van der Waals surface area contributed by atoms with Gasteiger partial charge in [-0.3, -0.25) is 4.79 Å². The van der Waals surface area contributed by atoms with Gasteiger partial charge >= 0.3 is 0 Å². The Morgan fingerprint density at radius 2 is 2.10 bits per heavy atom. The number of amides is 1. The van der Waals surface area contributed by atoms with Crippen LogP contribution in [0, 0.1) is 0 Å². The quantitative estimate of drug-likeness (QED) is 0.885. The summed E-state index contributed by atoms with van der Waals surface area (Å²) in [4.78, 5) is 11.6. The molecule has 1 aliphatic carbocycles. The Hall–Kier alpha value is -1.61. The topological polar surface area (TPSA) is 63.3 Å². The van der Waals surface area contributed by atoms with Gasteiger partial charge in [-0.15, -0.1) is 0 Å². The molecule has 0 unspecified atom stereocenters. The third-order valence-electron chi connectivity index (χ3n) is 3.62. The van der Waals surface area contributed by atoms with Gasteiger partial charge in [-0.05, 0) is 62.3 Å². The number of aliphatic hydroxyl groups is 1. The van der Waals surface area contributed by atoms with Gasteiger partial charge in [0.15, 0.2) is 0 Å². The first-order valence-corrected chi connectivity index (χ1v) is 7.21. The molecule has 20 heavy (non-hydrogen) atoms. The van der Waals surface area contributed by atoms with Gasteiger partial charge < -0.3 is 10.8 Å². The zero-order valence-corrected chi connectivity index (χ0v) is 12.3. The van der Waals surface area contributed by atoms with E-state index in [1.54, 1.807) is 19.9 Å². The molecule has 3 nitrogen and oxygen atoms in total. The third kappa shape index (κ3) is 3.70. The summed E-state index contributed by atoms with van der Waals surface area (Å²) in [6.07, 6.45) is 7.18. The summed E-state index contributed by atoms with van der Waals surface area (Å²) < 4.78 is 0. The van der Waals surface area contributed by atoms with Crippen LogP contribution in [0.4, 0.5) is 0 Å². The second-order valence-electron chi connectivity index (χ2n) is 6.21. The average Bonchev–Trinajstić information content (AvgIpc) is 2.37. The highest BCUT2D eigenvalue weighted by Crippen LogP contribution is 2.30. The molecule has 1 aromatic carbocycles. The number of hydrogen-bond donors (Lipinski definition) is 2. The van der Waals surface area contributed by atoms with Crippen molar-refractivity contribution in [3.8, 4) is 0 Å². The van der Waals surface area contributed by atoms with Gasteiger partial charge in [0.05, 0.1) is 5.60 Å². The molecule has 0 fully saturated rings. The summed E-state index contributed by atoms with van der Waals surface area (Å²) in [5.41, 5.74) is 8.49. The van der Waals surface area contributed by atoms with E-state index in [2.05, 4.69) is 6.08 Å². The van der Waals surface area contributed by atoms with Gasteiger partial charge in [-0.25, -0.2) is 0 Å². The summed E-state index contributed by atoms with van der Waals surface area (Å²) >= 11 is 0. The molecule has 1 amide bonds. The zero-order chi connectivity index (χ0) is 14.8. The van der Waals surface area contributed by atoms with E-state index in [1.165, 1.54) is 12.0 Å². The fourth-order valence-corrected chi connectivity index (χ4v) is 2.76. The van der Waals surface area contributed by atoms with E-state index in [1.807, 2.05) is 12.1 Å². The Bertz CT molecular complexity index is 538. The number of rotatable bonds is 4. The average molecular weight is 273 g/mol. The fraction of sp³-hybridized carbons (Fsp3) is 0.471. The van der Waals surface area contributed by atoms with Crippen molar-refractivity contribution >= 4 is 11.5 Å². The lowest BCUT2D eigenvalue weighted by molar-refractivity contribution is 0.0810. The molecule has 0 heterocycles. The Morgan fingerprint density at radius 1 is 1.35 bits per heavy atom.